The first-order valence-corrected chi connectivity index (χ1v) is 4.02. The van der Waals surface area contributed by atoms with Gasteiger partial charge in [0.25, 0.3) is 0 Å². The second-order valence-corrected chi connectivity index (χ2v) is 2.53. The third kappa shape index (κ3) is 3.67. The van der Waals surface area contributed by atoms with E-state index in [1.807, 2.05) is 0 Å². The summed E-state index contributed by atoms with van der Waals surface area (Å²) in [6.07, 6.45) is 2.58. The topological polar surface area (TPSA) is 17.1 Å². The molecule has 1 nitrogen and oxygen atoms in total. The van der Waals surface area contributed by atoms with E-state index in [0.29, 0.717) is 12.0 Å². The average molecular weight is 161 g/mol. The Labute approximate surface area is 67.1 Å². The van der Waals surface area contributed by atoms with Gasteiger partial charge in [0.2, 0.25) is 0 Å². The van der Waals surface area contributed by atoms with Crippen molar-refractivity contribution >= 4 is 17.4 Å². The highest BCUT2D eigenvalue weighted by Crippen LogP contribution is 2.03. The summed E-state index contributed by atoms with van der Waals surface area (Å²) in [6.45, 7) is 5.60. The van der Waals surface area contributed by atoms with Crippen LogP contribution in [0.5, 0.6) is 0 Å². The van der Waals surface area contributed by atoms with Crippen LogP contribution in [0.4, 0.5) is 0 Å². The lowest BCUT2D eigenvalue weighted by molar-refractivity contribution is -0.115. The van der Waals surface area contributed by atoms with Crippen molar-refractivity contribution in [2.24, 2.45) is 0 Å². The van der Waals surface area contributed by atoms with Crippen molar-refractivity contribution < 1.29 is 4.79 Å². The van der Waals surface area contributed by atoms with Crippen molar-refractivity contribution in [2.75, 3.05) is 5.88 Å². The molecule has 0 aliphatic heterocycles. The molecular weight excluding hydrogens is 148 g/mol. The molecule has 0 fully saturated rings. The van der Waals surface area contributed by atoms with Crippen molar-refractivity contribution in [3.05, 3.63) is 12.2 Å². The van der Waals surface area contributed by atoms with Crippen molar-refractivity contribution in [3.63, 3.8) is 0 Å². The third-order valence-electron chi connectivity index (χ3n) is 1.31. The van der Waals surface area contributed by atoms with Gasteiger partial charge < -0.3 is 0 Å². The lowest BCUT2D eigenvalue weighted by Gasteiger charge is -1.97. The molecule has 0 saturated carbocycles. The van der Waals surface area contributed by atoms with E-state index in [4.69, 9.17) is 11.6 Å². The molecule has 0 amide bonds. The maximum absolute atomic E-state index is 10.9. The van der Waals surface area contributed by atoms with Gasteiger partial charge in [-0.1, -0.05) is 19.9 Å². The molecule has 0 unspecified atom stereocenters. The first-order chi connectivity index (χ1) is 4.72. The molecule has 0 aromatic carbocycles. The molecule has 0 aliphatic carbocycles. The zero-order chi connectivity index (χ0) is 7.98. The van der Waals surface area contributed by atoms with E-state index in [2.05, 4.69) is 13.5 Å². The Kier molecular flexibility index (Phi) is 5.32. The van der Waals surface area contributed by atoms with Crippen LogP contribution in [0, 0.1) is 0 Å². The smallest absolute Gasteiger partial charge is 0.159 e. The fraction of sp³-hybridized carbons (Fsp3) is 0.625. The van der Waals surface area contributed by atoms with Gasteiger partial charge in [0, 0.05) is 12.0 Å². The Morgan fingerprint density at radius 2 is 2.20 bits per heavy atom. The number of allylic oxidation sites excluding steroid dienone is 1. The summed E-state index contributed by atoms with van der Waals surface area (Å²) in [4.78, 5) is 10.9. The summed E-state index contributed by atoms with van der Waals surface area (Å²) in [5, 5.41) is 0. The number of carbonyl (C=O) groups excluding carboxylic acids is 1. The first-order valence-electron chi connectivity index (χ1n) is 3.49. The number of hydrogen-bond donors (Lipinski definition) is 0. The summed E-state index contributed by atoms with van der Waals surface area (Å²) in [7, 11) is 0. The van der Waals surface area contributed by atoms with E-state index in [1.165, 1.54) is 0 Å². The summed E-state index contributed by atoms with van der Waals surface area (Å²) >= 11 is 5.41. The molecule has 0 heterocycles. The first kappa shape index (κ1) is 9.70. The largest absolute Gasteiger partial charge is 0.295 e. The van der Waals surface area contributed by atoms with Crippen LogP contribution in [0.2, 0.25) is 0 Å². The molecule has 0 rings (SSSR count). The van der Waals surface area contributed by atoms with E-state index >= 15 is 0 Å². The second-order valence-electron chi connectivity index (χ2n) is 2.26. The van der Waals surface area contributed by atoms with Crippen LogP contribution < -0.4 is 0 Å². The molecule has 0 aliphatic rings. The van der Waals surface area contributed by atoms with Gasteiger partial charge in [-0.3, -0.25) is 4.79 Å². The zero-order valence-electron chi connectivity index (χ0n) is 6.32. The van der Waals surface area contributed by atoms with E-state index < -0.39 is 0 Å². The Hall–Kier alpha value is -0.300. The monoisotopic (exact) mass is 160 g/mol. The molecule has 58 valence electrons. The average Bonchev–Trinajstić information content (AvgIpc) is 1.98. The maximum atomic E-state index is 10.9. The zero-order valence-corrected chi connectivity index (χ0v) is 7.08. The SMILES string of the molecule is C=C(CCl)C(=O)CCCC. The number of Topliss-reactive ketones (excluding diaryl/α,β-unsaturated/α-hetero) is 1. The maximum Gasteiger partial charge on any atom is 0.159 e. The number of hydrogen-bond acceptors (Lipinski definition) is 1. The third-order valence-corrected chi connectivity index (χ3v) is 1.64. The van der Waals surface area contributed by atoms with Crippen LogP contribution in [0.25, 0.3) is 0 Å². The highest BCUT2D eigenvalue weighted by molar-refractivity contribution is 6.22. The lowest BCUT2D eigenvalue weighted by Crippen LogP contribution is -2.01. The van der Waals surface area contributed by atoms with Gasteiger partial charge in [-0.2, -0.15) is 0 Å². The fourth-order valence-electron chi connectivity index (χ4n) is 0.589. The summed E-state index contributed by atoms with van der Waals surface area (Å²) < 4.78 is 0. The van der Waals surface area contributed by atoms with Gasteiger partial charge in [0.1, 0.15) is 0 Å². The molecule has 0 spiro atoms. The normalized spacial score (nSPS) is 9.40. The molecular formula is C8H13ClO. The van der Waals surface area contributed by atoms with E-state index in [-0.39, 0.29) is 11.7 Å². The quantitative estimate of drug-likeness (QED) is 0.446. The van der Waals surface area contributed by atoms with E-state index in [9.17, 15) is 4.79 Å². The number of halogens is 1. The minimum Gasteiger partial charge on any atom is -0.295 e. The number of unbranched alkanes of at least 4 members (excludes halogenated alkanes) is 1. The molecule has 0 aromatic rings. The van der Waals surface area contributed by atoms with Crippen molar-refractivity contribution in [1.82, 2.24) is 0 Å². The Balaban J connectivity index is 3.52. The van der Waals surface area contributed by atoms with Crippen LogP contribution >= 0.6 is 11.6 Å². The Morgan fingerprint density at radius 3 is 2.60 bits per heavy atom. The van der Waals surface area contributed by atoms with Crippen LogP contribution in [0.15, 0.2) is 12.2 Å². The highest BCUT2D eigenvalue weighted by Gasteiger charge is 2.03. The highest BCUT2D eigenvalue weighted by atomic mass is 35.5. The van der Waals surface area contributed by atoms with Crippen LogP contribution in [-0.4, -0.2) is 11.7 Å². The van der Waals surface area contributed by atoms with Crippen molar-refractivity contribution in [2.45, 2.75) is 26.2 Å². The van der Waals surface area contributed by atoms with E-state index in [0.717, 1.165) is 12.8 Å². The van der Waals surface area contributed by atoms with Gasteiger partial charge in [0.05, 0.1) is 5.88 Å². The minimum atomic E-state index is 0.108. The second kappa shape index (κ2) is 5.48. The molecule has 2 heteroatoms. The molecule has 0 bridgehead atoms. The van der Waals surface area contributed by atoms with Gasteiger partial charge in [0.15, 0.2) is 5.78 Å². The number of carbonyl (C=O) groups is 1. The summed E-state index contributed by atoms with van der Waals surface area (Å²) in [6, 6.07) is 0. The molecule has 0 atom stereocenters. The van der Waals surface area contributed by atoms with E-state index in [1.54, 1.807) is 0 Å². The standard InChI is InChI=1S/C8H13ClO/c1-3-4-5-8(10)7(2)6-9/h2-6H2,1H3. The van der Waals surface area contributed by atoms with Crippen molar-refractivity contribution in [3.8, 4) is 0 Å². The molecule has 0 N–H and O–H groups in total. The minimum absolute atomic E-state index is 0.108. The summed E-state index contributed by atoms with van der Waals surface area (Å²) in [5.74, 6) is 0.375. The Bertz CT molecular complexity index is 129. The fourth-order valence-corrected chi connectivity index (χ4v) is 0.738. The summed E-state index contributed by atoms with van der Waals surface area (Å²) in [5.41, 5.74) is 0.537. The Morgan fingerprint density at radius 1 is 1.60 bits per heavy atom. The number of ketones is 1. The number of alkyl halides is 1. The van der Waals surface area contributed by atoms with Crippen LogP contribution in [-0.2, 0) is 4.79 Å². The van der Waals surface area contributed by atoms with Gasteiger partial charge in [-0.05, 0) is 6.42 Å². The lowest BCUT2D eigenvalue weighted by atomic mass is 10.1. The van der Waals surface area contributed by atoms with Gasteiger partial charge in [-0.25, -0.2) is 0 Å². The predicted octanol–water partition coefficient (Wildman–Crippen LogP) is 2.54. The van der Waals surface area contributed by atoms with Gasteiger partial charge >= 0.3 is 0 Å². The molecule has 0 saturated heterocycles. The van der Waals surface area contributed by atoms with Crippen molar-refractivity contribution in [1.29, 1.82) is 0 Å². The van der Waals surface area contributed by atoms with Crippen LogP contribution in [0.3, 0.4) is 0 Å². The van der Waals surface area contributed by atoms with Crippen LogP contribution in [0.1, 0.15) is 26.2 Å². The molecule has 0 aromatic heterocycles. The predicted molar refractivity (Wildman–Crippen MR) is 44.4 cm³/mol. The molecule has 0 radical (unpaired) electrons. The van der Waals surface area contributed by atoms with Gasteiger partial charge in [-0.15, -0.1) is 11.6 Å². The number of rotatable bonds is 5. The molecule has 10 heavy (non-hydrogen) atoms.